The number of benzene rings is 1. The summed E-state index contributed by atoms with van der Waals surface area (Å²) in [6.45, 7) is 6.40. The molecule has 0 saturated carbocycles. The Morgan fingerprint density at radius 3 is 2.38 bits per heavy atom. The van der Waals surface area contributed by atoms with Crippen LogP contribution >= 0.6 is 15.9 Å². The molecule has 0 spiro atoms. The quantitative estimate of drug-likeness (QED) is 0.750. The molecule has 0 fully saturated rings. The zero-order valence-electron chi connectivity index (χ0n) is 10.3. The van der Waals surface area contributed by atoms with Gasteiger partial charge in [0.1, 0.15) is 5.82 Å². The molecule has 1 rings (SSSR count). The van der Waals surface area contributed by atoms with Gasteiger partial charge in [-0.15, -0.1) is 0 Å². The first-order chi connectivity index (χ1) is 7.47. The Balaban J connectivity index is 2.96. The highest BCUT2D eigenvalue weighted by Gasteiger charge is 2.16. The fourth-order valence-corrected chi connectivity index (χ4v) is 1.93. The van der Waals surface area contributed by atoms with Crippen LogP contribution in [0.1, 0.15) is 26.3 Å². The standard InChI is InChI=1S/C13H19BrFN/c1-9(2)10(3)16(4)13-6-5-11(8-14)7-12(13)15/h5-7,9-10H,8H2,1-4H3. The van der Waals surface area contributed by atoms with Crippen molar-refractivity contribution < 1.29 is 4.39 Å². The number of hydrogen-bond acceptors (Lipinski definition) is 1. The number of hydrogen-bond donors (Lipinski definition) is 0. The Labute approximate surface area is 106 Å². The molecule has 0 N–H and O–H groups in total. The number of anilines is 1. The summed E-state index contributed by atoms with van der Waals surface area (Å²) in [5.74, 6) is 0.354. The Bertz CT molecular complexity index is 352. The van der Waals surface area contributed by atoms with E-state index in [1.165, 1.54) is 0 Å². The van der Waals surface area contributed by atoms with Gasteiger partial charge in [-0.2, -0.15) is 0 Å². The van der Waals surface area contributed by atoms with Gasteiger partial charge in [-0.05, 0) is 30.5 Å². The summed E-state index contributed by atoms with van der Waals surface area (Å²) in [5, 5.41) is 0.688. The van der Waals surface area contributed by atoms with Crippen LogP contribution in [0.25, 0.3) is 0 Å². The molecular formula is C13H19BrFN. The van der Waals surface area contributed by atoms with Crippen LogP contribution in [-0.4, -0.2) is 13.1 Å². The molecule has 0 amide bonds. The summed E-state index contributed by atoms with van der Waals surface area (Å²) in [6, 6.07) is 5.72. The molecular weight excluding hydrogens is 269 g/mol. The van der Waals surface area contributed by atoms with Crippen LogP contribution in [-0.2, 0) is 5.33 Å². The van der Waals surface area contributed by atoms with Gasteiger partial charge in [0.2, 0.25) is 0 Å². The first-order valence-electron chi connectivity index (χ1n) is 5.54. The molecule has 1 unspecified atom stereocenters. The Morgan fingerprint density at radius 1 is 1.31 bits per heavy atom. The lowest BCUT2D eigenvalue weighted by Crippen LogP contribution is -2.33. The lowest BCUT2D eigenvalue weighted by atomic mass is 10.0. The maximum Gasteiger partial charge on any atom is 0.146 e. The molecule has 0 heterocycles. The minimum absolute atomic E-state index is 0.146. The van der Waals surface area contributed by atoms with Gasteiger partial charge in [0.05, 0.1) is 5.69 Å². The van der Waals surface area contributed by atoms with Gasteiger partial charge in [0, 0.05) is 18.4 Å². The average molecular weight is 288 g/mol. The minimum Gasteiger partial charge on any atom is -0.369 e. The van der Waals surface area contributed by atoms with E-state index in [1.54, 1.807) is 6.07 Å². The van der Waals surface area contributed by atoms with E-state index in [0.29, 0.717) is 23.0 Å². The van der Waals surface area contributed by atoms with Gasteiger partial charge < -0.3 is 4.90 Å². The van der Waals surface area contributed by atoms with Gasteiger partial charge in [0.15, 0.2) is 0 Å². The Morgan fingerprint density at radius 2 is 1.94 bits per heavy atom. The molecule has 1 atom stereocenters. The zero-order chi connectivity index (χ0) is 12.3. The Kier molecular flexibility index (Phi) is 4.78. The fraction of sp³-hybridized carbons (Fsp3) is 0.538. The van der Waals surface area contributed by atoms with E-state index >= 15 is 0 Å². The molecule has 0 aliphatic carbocycles. The highest BCUT2D eigenvalue weighted by molar-refractivity contribution is 9.08. The predicted molar refractivity (Wildman–Crippen MR) is 71.7 cm³/mol. The van der Waals surface area contributed by atoms with Crippen LogP contribution in [0.4, 0.5) is 10.1 Å². The minimum atomic E-state index is -0.146. The number of halogens is 2. The molecule has 16 heavy (non-hydrogen) atoms. The maximum atomic E-state index is 13.8. The normalized spacial score (nSPS) is 12.9. The van der Waals surface area contributed by atoms with Crippen molar-refractivity contribution in [2.45, 2.75) is 32.1 Å². The first-order valence-corrected chi connectivity index (χ1v) is 6.66. The van der Waals surface area contributed by atoms with E-state index in [0.717, 1.165) is 5.56 Å². The highest BCUT2D eigenvalue weighted by Crippen LogP contribution is 2.24. The molecule has 0 bridgehead atoms. The van der Waals surface area contributed by atoms with E-state index in [4.69, 9.17) is 0 Å². The molecule has 0 saturated heterocycles. The summed E-state index contributed by atoms with van der Waals surface area (Å²) in [7, 11) is 1.94. The third kappa shape index (κ3) is 2.97. The van der Waals surface area contributed by atoms with Gasteiger partial charge in [-0.25, -0.2) is 4.39 Å². The summed E-state index contributed by atoms with van der Waals surface area (Å²) in [6.07, 6.45) is 0. The van der Waals surface area contributed by atoms with Crippen LogP contribution in [0.2, 0.25) is 0 Å². The third-order valence-electron chi connectivity index (χ3n) is 3.12. The second kappa shape index (κ2) is 5.67. The fourth-order valence-electron chi connectivity index (χ4n) is 1.59. The van der Waals surface area contributed by atoms with E-state index in [-0.39, 0.29) is 5.82 Å². The molecule has 1 nitrogen and oxygen atoms in total. The highest BCUT2D eigenvalue weighted by atomic mass is 79.9. The first kappa shape index (κ1) is 13.5. The van der Waals surface area contributed by atoms with Crippen LogP contribution in [0.3, 0.4) is 0 Å². The molecule has 1 aromatic rings. The molecule has 0 aromatic heterocycles. The summed E-state index contributed by atoms with van der Waals surface area (Å²) in [5.41, 5.74) is 1.64. The third-order valence-corrected chi connectivity index (χ3v) is 3.77. The van der Waals surface area contributed by atoms with Crippen molar-refractivity contribution in [3.63, 3.8) is 0 Å². The smallest absolute Gasteiger partial charge is 0.146 e. The molecule has 0 aliphatic rings. The van der Waals surface area contributed by atoms with Crippen molar-refractivity contribution in [3.05, 3.63) is 29.6 Å². The summed E-state index contributed by atoms with van der Waals surface area (Å²) < 4.78 is 13.8. The summed E-state index contributed by atoms with van der Waals surface area (Å²) in [4.78, 5) is 2.00. The molecule has 90 valence electrons. The summed E-state index contributed by atoms with van der Waals surface area (Å²) >= 11 is 3.33. The van der Waals surface area contributed by atoms with E-state index in [2.05, 4.69) is 36.7 Å². The van der Waals surface area contributed by atoms with E-state index in [1.807, 2.05) is 24.1 Å². The van der Waals surface area contributed by atoms with Crippen LogP contribution in [0.5, 0.6) is 0 Å². The monoisotopic (exact) mass is 287 g/mol. The average Bonchev–Trinajstić information content (AvgIpc) is 2.26. The largest absolute Gasteiger partial charge is 0.369 e. The predicted octanol–water partition coefficient (Wildman–Crippen LogP) is 4.20. The van der Waals surface area contributed by atoms with Gasteiger partial charge in [-0.1, -0.05) is 35.8 Å². The number of alkyl halides is 1. The van der Waals surface area contributed by atoms with Gasteiger partial charge in [0.25, 0.3) is 0 Å². The van der Waals surface area contributed by atoms with Crippen molar-refractivity contribution in [1.29, 1.82) is 0 Å². The van der Waals surface area contributed by atoms with Crippen molar-refractivity contribution in [2.75, 3.05) is 11.9 Å². The molecule has 3 heteroatoms. The second-order valence-corrected chi connectivity index (χ2v) is 5.08. The SMILES string of the molecule is CC(C)C(C)N(C)c1ccc(CBr)cc1F. The van der Waals surface area contributed by atoms with Gasteiger partial charge >= 0.3 is 0 Å². The number of rotatable bonds is 4. The lowest BCUT2D eigenvalue weighted by Gasteiger charge is -2.30. The van der Waals surface area contributed by atoms with Crippen LogP contribution in [0.15, 0.2) is 18.2 Å². The van der Waals surface area contributed by atoms with Crippen molar-refractivity contribution in [3.8, 4) is 0 Å². The van der Waals surface area contributed by atoms with Gasteiger partial charge in [-0.3, -0.25) is 0 Å². The molecule has 1 aromatic carbocycles. The number of nitrogens with zero attached hydrogens (tertiary/aromatic N) is 1. The van der Waals surface area contributed by atoms with Crippen LogP contribution in [0, 0.1) is 11.7 Å². The van der Waals surface area contributed by atoms with Crippen molar-refractivity contribution in [1.82, 2.24) is 0 Å². The van der Waals surface area contributed by atoms with Crippen molar-refractivity contribution in [2.24, 2.45) is 5.92 Å². The zero-order valence-corrected chi connectivity index (χ0v) is 11.9. The second-order valence-electron chi connectivity index (χ2n) is 4.51. The van der Waals surface area contributed by atoms with Crippen LogP contribution < -0.4 is 4.90 Å². The maximum absolute atomic E-state index is 13.8. The van der Waals surface area contributed by atoms with Crippen molar-refractivity contribution >= 4 is 21.6 Å². The lowest BCUT2D eigenvalue weighted by molar-refractivity contribution is 0.497. The van der Waals surface area contributed by atoms with E-state index < -0.39 is 0 Å². The topological polar surface area (TPSA) is 3.24 Å². The molecule has 0 aliphatic heterocycles. The van der Waals surface area contributed by atoms with E-state index in [9.17, 15) is 4.39 Å². The molecule has 0 radical (unpaired) electrons. The Hall–Kier alpha value is -0.570.